The molecule has 1 aliphatic rings. The Hall–Kier alpha value is -3.79. The number of nitrogens with zero attached hydrogens (tertiary/aromatic N) is 2. The molecule has 2 N–H and O–H groups in total. The quantitative estimate of drug-likeness (QED) is 0.524. The lowest BCUT2D eigenvalue weighted by atomic mass is 10.1. The molecule has 10 heteroatoms. The minimum absolute atomic E-state index is 0.0187. The van der Waals surface area contributed by atoms with Gasteiger partial charge in [-0.2, -0.15) is 13.2 Å². The Morgan fingerprint density at radius 1 is 1.09 bits per heavy atom. The molecule has 2 aromatic heterocycles. The van der Waals surface area contributed by atoms with Gasteiger partial charge in [-0.25, -0.2) is 4.98 Å². The standard InChI is InChI=1S/C24H23F3N4O3/c1-32-19-6-3-15(10-28-12-19)23-30-13-21(31-23)20-8-7-18(9-22(20)33-2)34-14-17-5-4-16(11-29-17)24(25,26)27/h3-11,13,19,28H,12,14H2,1-2H3,(H,30,31). The summed E-state index contributed by atoms with van der Waals surface area (Å²) in [5.74, 6) is 1.73. The van der Waals surface area contributed by atoms with Crippen molar-refractivity contribution in [3.8, 4) is 22.8 Å². The number of allylic oxidation sites excluding steroid dienone is 2. The Labute approximate surface area is 194 Å². The predicted molar refractivity (Wildman–Crippen MR) is 120 cm³/mol. The minimum Gasteiger partial charge on any atom is -0.496 e. The van der Waals surface area contributed by atoms with Crippen LogP contribution in [0.15, 0.2) is 61.1 Å². The zero-order valence-electron chi connectivity index (χ0n) is 18.5. The van der Waals surface area contributed by atoms with Crippen LogP contribution in [0.2, 0.25) is 0 Å². The highest BCUT2D eigenvalue weighted by Crippen LogP contribution is 2.33. The van der Waals surface area contributed by atoms with Gasteiger partial charge in [0.2, 0.25) is 0 Å². The summed E-state index contributed by atoms with van der Waals surface area (Å²) in [5, 5.41) is 3.20. The Kier molecular flexibility index (Phi) is 6.87. The van der Waals surface area contributed by atoms with Gasteiger partial charge in [-0.3, -0.25) is 4.98 Å². The monoisotopic (exact) mass is 472 g/mol. The van der Waals surface area contributed by atoms with Gasteiger partial charge in [-0.15, -0.1) is 0 Å². The summed E-state index contributed by atoms with van der Waals surface area (Å²) in [7, 11) is 3.20. The summed E-state index contributed by atoms with van der Waals surface area (Å²) in [6, 6.07) is 7.55. The van der Waals surface area contributed by atoms with Gasteiger partial charge in [0, 0.05) is 43.3 Å². The molecular weight excluding hydrogens is 449 g/mol. The molecule has 0 saturated carbocycles. The normalized spacial score (nSPS) is 15.9. The van der Waals surface area contributed by atoms with Gasteiger partial charge in [0.15, 0.2) is 0 Å². The maximum atomic E-state index is 12.7. The van der Waals surface area contributed by atoms with Gasteiger partial charge < -0.3 is 24.5 Å². The van der Waals surface area contributed by atoms with Crippen LogP contribution in [-0.4, -0.2) is 41.8 Å². The van der Waals surface area contributed by atoms with Crippen molar-refractivity contribution in [1.82, 2.24) is 20.3 Å². The van der Waals surface area contributed by atoms with Gasteiger partial charge in [0.1, 0.15) is 23.9 Å². The van der Waals surface area contributed by atoms with Gasteiger partial charge >= 0.3 is 6.18 Å². The molecule has 0 amide bonds. The Bertz CT molecular complexity index is 1190. The fourth-order valence-electron chi connectivity index (χ4n) is 3.34. The number of rotatable bonds is 7. The zero-order valence-corrected chi connectivity index (χ0v) is 18.5. The average Bonchev–Trinajstić information content (AvgIpc) is 3.20. The third-order valence-electron chi connectivity index (χ3n) is 5.22. The van der Waals surface area contributed by atoms with E-state index in [0.29, 0.717) is 29.6 Å². The molecule has 1 aromatic carbocycles. The second kappa shape index (κ2) is 10.0. The number of nitrogens with one attached hydrogen (secondary N) is 2. The first-order valence-corrected chi connectivity index (χ1v) is 10.4. The van der Waals surface area contributed by atoms with E-state index < -0.39 is 11.7 Å². The first-order chi connectivity index (χ1) is 16.4. The topological polar surface area (TPSA) is 81.3 Å². The molecule has 1 unspecified atom stereocenters. The first kappa shape index (κ1) is 23.4. The van der Waals surface area contributed by atoms with Gasteiger partial charge in [0.25, 0.3) is 0 Å². The molecule has 3 aromatic rings. The third kappa shape index (κ3) is 5.40. The van der Waals surface area contributed by atoms with Crippen LogP contribution in [0.4, 0.5) is 13.2 Å². The summed E-state index contributed by atoms with van der Waals surface area (Å²) >= 11 is 0. The summed E-state index contributed by atoms with van der Waals surface area (Å²) < 4.78 is 54.6. The lowest BCUT2D eigenvalue weighted by Gasteiger charge is -2.11. The van der Waals surface area contributed by atoms with Crippen LogP contribution in [0.5, 0.6) is 11.5 Å². The molecule has 1 atom stereocenters. The fraction of sp³-hybridized carbons (Fsp3) is 0.250. The second-order valence-electron chi connectivity index (χ2n) is 7.47. The highest BCUT2D eigenvalue weighted by atomic mass is 19.4. The summed E-state index contributed by atoms with van der Waals surface area (Å²) in [6.07, 6.45) is 3.85. The van der Waals surface area contributed by atoms with Crippen molar-refractivity contribution < 1.29 is 27.4 Å². The number of hydrogen-bond acceptors (Lipinski definition) is 6. The van der Waals surface area contributed by atoms with E-state index in [2.05, 4.69) is 20.3 Å². The number of hydrogen-bond donors (Lipinski definition) is 2. The van der Waals surface area contributed by atoms with Gasteiger partial charge in [-0.05, 0) is 24.3 Å². The number of halogens is 3. The maximum Gasteiger partial charge on any atom is 0.417 e. The number of imidazole rings is 1. The molecule has 34 heavy (non-hydrogen) atoms. The van der Waals surface area contributed by atoms with Gasteiger partial charge in [0.05, 0.1) is 36.4 Å². The smallest absolute Gasteiger partial charge is 0.417 e. The van der Waals surface area contributed by atoms with Crippen molar-refractivity contribution in [2.45, 2.75) is 18.9 Å². The number of H-pyrrole nitrogens is 1. The van der Waals surface area contributed by atoms with E-state index >= 15 is 0 Å². The van der Waals surface area contributed by atoms with Crippen molar-refractivity contribution in [3.05, 3.63) is 78.2 Å². The van der Waals surface area contributed by atoms with Gasteiger partial charge in [-0.1, -0.05) is 12.2 Å². The minimum atomic E-state index is -4.42. The molecule has 178 valence electrons. The van der Waals surface area contributed by atoms with Crippen LogP contribution >= 0.6 is 0 Å². The molecule has 0 aliphatic carbocycles. The summed E-state index contributed by atoms with van der Waals surface area (Å²) in [5.41, 5.74) is 1.99. The number of methoxy groups -OCH3 is 2. The maximum absolute atomic E-state index is 12.7. The molecule has 0 spiro atoms. The van der Waals surface area contributed by atoms with E-state index in [1.54, 1.807) is 32.5 Å². The third-order valence-corrected chi connectivity index (χ3v) is 5.22. The van der Waals surface area contributed by atoms with E-state index in [-0.39, 0.29) is 12.7 Å². The lowest BCUT2D eigenvalue weighted by Crippen LogP contribution is -2.21. The lowest BCUT2D eigenvalue weighted by molar-refractivity contribution is -0.137. The number of aromatic amines is 1. The Balaban J connectivity index is 1.47. The first-order valence-electron chi connectivity index (χ1n) is 10.4. The molecule has 7 nitrogen and oxygen atoms in total. The SMILES string of the molecule is COc1cc(OCc2ccc(C(F)(F)F)cn2)ccc1-c1cnc(C2=CNCC(OC)C=C2)[nH]1. The molecule has 0 bridgehead atoms. The largest absolute Gasteiger partial charge is 0.496 e. The zero-order chi connectivity index (χ0) is 24.1. The van der Waals surface area contributed by atoms with Crippen molar-refractivity contribution in [3.63, 3.8) is 0 Å². The van der Waals surface area contributed by atoms with E-state index in [4.69, 9.17) is 14.2 Å². The van der Waals surface area contributed by atoms with Crippen molar-refractivity contribution >= 4 is 5.57 Å². The van der Waals surface area contributed by atoms with Crippen LogP contribution < -0.4 is 14.8 Å². The number of pyridine rings is 1. The molecule has 3 heterocycles. The van der Waals surface area contributed by atoms with E-state index in [1.807, 2.05) is 24.4 Å². The van der Waals surface area contributed by atoms with Crippen LogP contribution in [0.3, 0.4) is 0 Å². The van der Waals surface area contributed by atoms with Crippen LogP contribution in [0, 0.1) is 0 Å². The van der Waals surface area contributed by atoms with Crippen LogP contribution in [-0.2, 0) is 17.5 Å². The molecule has 0 saturated heterocycles. The Morgan fingerprint density at radius 2 is 1.94 bits per heavy atom. The van der Waals surface area contributed by atoms with Crippen molar-refractivity contribution in [2.75, 3.05) is 20.8 Å². The van der Waals surface area contributed by atoms with E-state index in [1.165, 1.54) is 6.07 Å². The van der Waals surface area contributed by atoms with E-state index in [0.717, 1.165) is 29.1 Å². The average molecular weight is 472 g/mol. The Morgan fingerprint density at radius 3 is 2.65 bits per heavy atom. The molecule has 0 radical (unpaired) electrons. The molecule has 1 aliphatic heterocycles. The van der Waals surface area contributed by atoms with Crippen LogP contribution in [0.1, 0.15) is 17.1 Å². The molecule has 0 fully saturated rings. The molecular formula is C24H23F3N4O3. The van der Waals surface area contributed by atoms with Crippen LogP contribution in [0.25, 0.3) is 16.8 Å². The second-order valence-corrected chi connectivity index (χ2v) is 7.47. The predicted octanol–water partition coefficient (Wildman–Crippen LogP) is 4.59. The summed E-state index contributed by atoms with van der Waals surface area (Å²) in [4.78, 5) is 11.6. The van der Waals surface area contributed by atoms with Crippen molar-refractivity contribution in [1.29, 1.82) is 0 Å². The van der Waals surface area contributed by atoms with Crippen molar-refractivity contribution in [2.24, 2.45) is 0 Å². The summed E-state index contributed by atoms with van der Waals surface area (Å²) in [6.45, 7) is 0.687. The molecule has 4 rings (SSSR count). The highest BCUT2D eigenvalue weighted by molar-refractivity contribution is 5.74. The van der Waals surface area contributed by atoms with E-state index in [9.17, 15) is 13.2 Å². The number of aromatic nitrogens is 3. The number of alkyl halides is 3. The highest BCUT2D eigenvalue weighted by Gasteiger charge is 2.30. The number of ether oxygens (including phenoxy) is 3. The number of benzene rings is 1. The fourth-order valence-corrected chi connectivity index (χ4v) is 3.34.